The highest BCUT2D eigenvalue weighted by Gasteiger charge is 2.46. The van der Waals surface area contributed by atoms with Crippen molar-refractivity contribution in [2.45, 2.75) is 58.5 Å². The number of rotatable bonds is 5. The molecule has 1 unspecified atom stereocenters. The molecule has 0 bridgehead atoms. The van der Waals surface area contributed by atoms with Gasteiger partial charge in [0.15, 0.2) is 6.04 Å². The number of nitrogens with one attached hydrogen (secondary N) is 1. The lowest BCUT2D eigenvalue weighted by molar-refractivity contribution is -0.144. The number of hydrazone groups is 1. The lowest BCUT2D eigenvalue weighted by Crippen LogP contribution is -2.36. The summed E-state index contributed by atoms with van der Waals surface area (Å²) in [6, 6.07) is 5.12. The summed E-state index contributed by atoms with van der Waals surface area (Å²) in [5.41, 5.74) is -0.652. The van der Waals surface area contributed by atoms with Crippen molar-refractivity contribution in [2.24, 2.45) is 5.10 Å². The van der Waals surface area contributed by atoms with Crippen LogP contribution >= 0.6 is 0 Å². The van der Waals surface area contributed by atoms with E-state index in [4.69, 9.17) is 9.47 Å². The molecule has 29 heavy (non-hydrogen) atoms. The highest BCUT2D eigenvalue weighted by Crippen LogP contribution is 2.32. The van der Waals surface area contributed by atoms with Crippen molar-refractivity contribution in [2.75, 3.05) is 11.6 Å². The Hall–Kier alpha value is -2.78. The Morgan fingerprint density at radius 1 is 1.21 bits per heavy atom. The van der Waals surface area contributed by atoms with Crippen molar-refractivity contribution in [3.8, 4) is 0 Å². The van der Waals surface area contributed by atoms with Crippen LogP contribution in [0.15, 0.2) is 29.4 Å². The van der Waals surface area contributed by atoms with Gasteiger partial charge in [0.25, 0.3) is 0 Å². The standard InChI is InChI=1S/C19H24F3N3O4/c1-5-28-16(26)14-10-15(19(20,21)22)24-25(14)13-8-6-12(7-9-13)11-23-17(27)29-18(2,3)4/h6-9,14H,5,10-11H2,1-4H3,(H,23,27). The fourth-order valence-corrected chi connectivity index (χ4v) is 2.60. The lowest BCUT2D eigenvalue weighted by Gasteiger charge is -2.22. The molecule has 1 aromatic rings. The van der Waals surface area contributed by atoms with Crippen LogP contribution < -0.4 is 10.3 Å². The predicted octanol–water partition coefficient (Wildman–Crippen LogP) is 3.77. The molecule has 1 aliphatic rings. The molecule has 0 aliphatic carbocycles. The molecule has 10 heteroatoms. The van der Waals surface area contributed by atoms with Gasteiger partial charge in [-0.3, -0.25) is 5.01 Å². The summed E-state index contributed by atoms with van der Waals surface area (Å²) in [6.45, 7) is 7.04. The van der Waals surface area contributed by atoms with E-state index in [-0.39, 0.29) is 13.2 Å². The maximum atomic E-state index is 13.1. The van der Waals surface area contributed by atoms with Gasteiger partial charge in [-0.15, -0.1) is 0 Å². The number of amides is 1. The fourth-order valence-electron chi connectivity index (χ4n) is 2.60. The summed E-state index contributed by atoms with van der Waals surface area (Å²) in [6.07, 6.45) is -5.79. The SMILES string of the molecule is CCOC(=O)C1CC(C(F)(F)F)=NN1c1ccc(CNC(=O)OC(C)(C)C)cc1. The summed E-state index contributed by atoms with van der Waals surface area (Å²) in [7, 11) is 0. The largest absolute Gasteiger partial charge is 0.464 e. The molecule has 0 aromatic heterocycles. The topological polar surface area (TPSA) is 80.2 Å². The molecular weight excluding hydrogens is 391 g/mol. The van der Waals surface area contributed by atoms with Crippen molar-refractivity contribution in [3.05, 3.63) is 29.8 Å². The molecule has 1 heterocycles. The lowest BCUT2D eigenvalue weighted by atomic mass is 10.1. The third-order valence-electron chi connectivity index (χ3n) is 3.83. The summed E-state index contributed by atoms with van der Waals surface area (Å²) in [5, 5.41) is 7.20. The van der Waals surface area contributed by atoms with Gasteiger partial charge in [-0.25, -0.2) is 9.59 Å². The second kappa shape index (κ2) is 8.71. The van der Waals surface area contributed by atoms with E-state index in [1.165, 1.54) is 12.1 Å². The van der Waals surface area contributed by atoms with E-state index in [9.17, 15) is 22.8 Å². The number of halogens is 3. The zero-order valence-electron chi connectivity index (χ0n) is 16.7. The number of benzene rings is 1. The van der Waals surface area contributed by atoms with E-state index in [2.05, 4.69) is 10.4 Å². The maximum absolute atomic E-state index is 13.1. The Bertz CT molecular complexity index is 770. The van der Waals surface area contributed by atoms with E-state index >= 15 is 0 Å². The van der Waals surface area contributed by atoms with Gasteiger partial charge >= 0.3 is 18.2 Å². The second-order valence-electron chi connectivity index (χ2n) is 7.38. The van der Waals surface area contributed by atoms with E-state index in [0.29, 0.717) is 11.3 Å². The van der Waals surface area contributed by atoms with E-state index in [0.717, 1.165) is 5.01 Å². The number of alkyl halides is 3. The average molecular weight is 415 g/mol. The average Bonchev–Trinajstić information content (AvgIpc) is 3.05. The first-order valence-electron chi connectivity index (χ1n) is 9.07. The van der Waals surface area contributed by atoms with Gasteiger partial charge < -0.3 is 14.8 Å². The minimum atomic E-state index is -4.63. The van der Waals surface area contributed by atoms with Crippen LogP contribution in [-0.4, -0.2) is 42.2 Å². The van der Waals surface area contributed by atoms with Crippen molar-refractivity contribution >= 4 is 23.5 Å². The van der Waals surface area contributed by atoms with Gasteiger partial charge in [0.1, 0.15) is 11.3 Å². The van der Waals surface area contributed by atoms with Crippen molar-refractivity contribution in [3.63, 3.8) is 0 Å². The normalized spacial score (nSPS) is 17.0. The van der Waals surface area contributed by atoms with Gasteiger partial charge in [-0.1, -0.05) is 12.1 Å². The molecule has 160 valence electrons. The van der Waals surface area contributed by atoms with Gasteiger partial charge in [0, 0.05) is 13.0 Å². The van der Waals surface area contributed by atoms with Gasteiger partial charge in [-0.05, 0) is 45.4 Å². The molecule has 1 atom stereocenters. The highest BCUT2D eigenvalue weighted by molar-refractivity contribution is 5.99. The smallest absolute Gasteiger partial charge is 0.431 e. The van der Waals surface area contributed by atoms with E-state index in [1.807, 2.05) is 0 Å². The molecule has 1 N–H and O–H groups in total. The first-order chi connectivity index (χ1) is 13.4. The molecule has 1 amide bonds. The number of alkyl carbamates (subject to hydrolysis) is 1. The number of ether oxygens (including phenoxy) is 2. The molecule has 0 spiro atoms. The van der Waals surface area contributed by atoms with Crippen molar-refractivity contribution in [1.29, 1.82) is 0 Å². The number of carbonyl (C=O) groups excluding carboxylic acids is 2. The van der Waals surface area contributed by atoms with Crippen LogP contribution in [0.3, 0.4) is 0 Å². The van der Waals surface area contributed by atoms with Crippen LogP contribution in [0.4, 0.5) is 23.7 Å². The molecule has 0 fully saturated rings. The third kappa shape index (κ3) is 6.37. The Kier molecular flexibility index (Phi) is 6.76. The zero-order valence-corrected chi connectivity index (χ0v) is 16.7. The molecular formula is C19H24F3N3O4. The fraction of sp³-hybridized carbons (Fsp3) is 0.526. The van der Waals surface area contributed by atoms with Crippen LogP contribution in [0.25, 0.3) is 0 Å². The number of nitrogens with zero attached hydrogens (tertiary/aromatic N) is 2. The summed E-state index contributed by atoms with van der Waals surface area (Å²) >= 11 is 0. The van der Waals surface area contributed by atoms with Crippen LogP contribution in [0.5, 0.6) is 0 Å². The van der Waals surface area contributed by atoms with Crippen LogP contribution in [-0.2, 0) is 20.8 Å². The summed E-state index contributed by atoms with van der Waals surface area (Å²) in [4.78, 5) is 23.8. The van der Waals surface area contributed by atoms with E-state index < -0.39 is 42.0 Å². The molecule has 1 aromatic carbocycles. The molecule has 0 saturated heterocycles. The molecule has 7 nitrogen and oxygen atoms in total. The Morgan fingerprint density at radius 3 is 2.34 bits per heavy atom. The third-order valence-corrected chi connectivity index (χ3v) is 3.83. The zero-order chi connectivity index (χ0) is 21.8. The number of esters is 1. The van der Waals surface area contributed by atoms with Crippen LogP contribution in [0.2, 0.25) is 0 Å². The van der Waals surface area contributed by atoms with Gasteiger partial charge in [0.2, 0.25) is 0 Å². The second-order valence-corrected chi connectivity index (χ2v) is 7.38. The number of carbonyl (C=O) groups is 2. The monoisotopic (exact) mass is 415 g/mol. The summed E-state index contributed by atoms with van der Waals surface area (Å²) in [5.74, 6) is -0.772. The predicted molar refractivity (Wildman–Crippen MR) is 101 cm³/mol. The van der Waals surface area contributed by atoms with Gasteiger partial charge in [-0.2, -0.15) is 18.3 Å². The Balaban J connectivity index is 2.11. The molecule has 0 saturated carbocycles. The first kappa shape index (κ1) is 22.5. The minimum Gasteiger partial charge on any atom is -0.464 e. The van der Waals surface area contributed by atoms with Crippen LogP contribution in [0, 0.1) is 0 Å². The van der Waals surface area contributed by atoms with E-state index in [1.54, 1.807) is 39.8 Å². The summed E-state index contributed by atoms with van der Waals surface area (Å²) < 4.78 is 49.2. The van der Waals surface area contributed by atoms with Crippen LogP contribution in [0.1, 0.15) is 39.7 Å². The molecule has 2 rings (SSSR count). The Labute approximate surface area is 166 Å². The molecule has 1 aliphatic heterocycles. The maximum Gasteiger partial charge on any atom is 0.431 e. The van der Waals surface area contributed by atoms with Gasteiger partial charge in [0.05, 0.1) is 12.3 Å². The number of hydrogen-bond donors (Lipinski definition) is 1. The van der Waals surface area contributed by atoms with Crippen molar-refractivity contribution < 1.29 is 32.2 Å². The number of anilines is 1. The highest BCUT2D eigenvalue weighted by atomic mass is 19.4. The minimum absolute atomic E-state index is 0.0554. The molecule has 0 radical (unpaired) electrons. The van der Waals surface area contributed by atoms with Crippen molar-refractivity contribution in [1.82, 2.24) is 5.32 Å². The Morgan fingerprint density at radius 2 is 1.83 bits per heavy atom. The first-order valence-corrected chi connectivity index (χ1v) is 9.07. The quantitative estimate of drug-likeness (QED) is 0.741. The number of hydrogen-bond acceptors (Lipinski definition) is 6.